The molecule has 3 amide bonds. The molecule has 8 rings (SSSR count). The Labute approximate surface area is 228 Å². The van der Waals surface area contributed by atoms with Crippen LogP contribution in [0.2, 0.25) is 0 Å². The standard InChI is InChI=1S/C27H29N7O4S/c35-25-21-16(2-1-3-17(21)29-27(37)32-34-10-12-38-13-11-34)23-22(25)24(31-30-23)19-4-5-20(39-19)26(36)28-18-14-33-8-6-15(18)7-9-33/h1-5,15,18H,6-14H2,(H,28,36)(H,30,31)(H2,29,32,37). The Bertz CT molecular complexity index is 1450. The molecule has 4 aliphatic heterocycles. The van der Waals surface area contributed by atoms with Gasteiger partial charge in [0.1, 0.15) is 5.69 Å². The van der Waals surface area contributed by atoms with Crippen molar-refractivity contribution in [3.8, 4) is 21.8 Å². The Kier molecular flexibility index (Phi) is 6.19. The average molecular weight is 548 g/mol. The first-order chi connectivity index (χ1) is 19.0. The number of H-pyrrole nitrogens is 1. The quantitative estimate of drug-likeness (QED) is 0.302. The monoisotopic (exact) mass is 547 g/mol. The fraction of sp³-hybridized carbons (Fsp3) is 0.407. The Morgan fingerprint density at radius 1 is 1.05 bits per heavy atom. The number of ether oxygens (including phenoxy) is 1. The second kappa shape index (κ2) is 9.87. The molecule has 1 atom stereocenters. The van der Waals surface area contributed by atoms with E-state index < -0.39 is 6.03 Å². The number of morpholine rings is 1. The van der Waals surface area contributed by atoms with E-state index in [0.29, 0.717) is 70.9 Å². The van der Waals surface area contributed by atoms with E-state index in [1.807, 2.05) is 12.1 Å². The van der Waals surface area contributed by atoms with Crippen molar-refractivity contribution < 1.29 is 19.1 Å². The van der Waals surface area contributed by atoms with E-state index in [1.165, 1.54) is 11.3 Å². The van der Waals surface area contributed by atoms with Crippen LogP contribution < -0.4 is 16.1 Å². The SMILES string of the molecule is O=C(Nc1cccc2c1C(=O)c1c-2n[nH]c1-c1ccc(C(=O)NC2CN3CCC2CC3)s1)NN1CCOCC1. The summed E-state index contributed by atoms with van der Waals surface area (Å²) in [6.07, 6.45) is 2.27. The summed E-state index contributed by atoms with van der Waals surface area (Å²) >= 11 is 1.34. The molecule has 2 bridgehead atoms. The highest BCUT2D eigenvalue weighted by Gasteiger charge is 2.37. The van der Waals surface area contributed by atoms with Crippen molar-refractivity contribution in [2.75, 3.05) is 51.3 Å². The number of nitrogens with zero attached hydrogens (tertiary/aromatic N) is 3. The molecule has 4 N–H and O–H groups in total. The number of carbonyl (C=O) groups excluding carboxylic acids is 3. The number of fused-ring (bicyclic) bond motifs is 6. The zero-order chi connectivity index (χ0) is 26.5. The summed E-state index contributed by atoms with van der Waals surface area (Å²) in [5, 5.41) is 15.3. The van der Waals surface area contributed by atoms with Gasteiger partial charge in [0, 0.05) is 31.2 Å². The van der Waals surface area contributed by atoms with Gasteiger partial charge in [0.05, 0.1) is 45.5 Å². The summed E-state index contributed by atoms with van der Waals surface area (Å²) in [5.41, 5.74) is 5.91. The molecule has 1 aromatic carbocycles. The van der Waals surface area contributed by atoms with Crippen LogP contribution in [-0.2, 0) is 4.74 Å². The number of ketones is 1. The Hall–Kier alpha value is -3.58. The van der Waals surface area contributed by atoms with E-state index in [-0.39, 0.29) is 17.7 Å². The van der Waals surface area contributed by atoms with Crippen LogP contribution in [0.1, 0.15) is 38.4 Å². The molecule has 3 aromatic rings. The van der Waals surface area contributed by atoms with Crippen LogP contribution in [0, 0.1) is 5.92 Å². The van der Waals surface area contributed by atoms with E-state index >= 15 is 0 Å². The second-order valence-corrected chi connectivity index (χ2v) is 11.5. The van der Waals surface area contributed by atoms with E-state index in [4.69, 9.17) is 4.74 Å². The molecular formula is C27H29N7O4S. The van der Waals surface area contributed by atoms with Gasteiger partial charge >= 0.3 is 6.03 Å². The predicted octanol–water partition coefficient (Wildman–Crippen LogP) is 2.54. The summed E-state index contributed by atoms with van der Waals surface area (Å²) in [5.74, 6) is 0.260. The van der Waals surface area contributed by atoms with Crippen molar-refractivity contribution in [1.29, 1.82) is 0 Å². The van der Waals surface area contributed by atoms with Crippen molar-refractivity contribution in [2.24, 2.45) is 5.92 Å². The first kappa shape index (κ1) is 24.5. The minimum absolute atomic E-state index is 0.0754. The van der Waals surface area contributed by atoms with Gasteiger partial charge in [-0.3, -0.25) is 20.1 Å². The van der Waals surface area contributed by atoms with Gasteiger partial charge in [-0.25, -0.2) is 9.80 Å². The Morgan fingerprint density at radius 3 is 2.64 bits per heavy atom. The van der Waals surface area contributed by atoms with E-state index in [9.17, 15) is 14.4 Å². The van der Waals surface area contributed by atoms with Gasteiger partial charge in [-0.1, -0.05) is 12.1 Å². The third-order valence-corrected chi connectivity index (χ3v) is 9.21. The number of hydrogen-bond acceptors (Lipinski definition) is 8. The predicted molar refractivity (Wildman–Crippen MR) is 146 cm³/mol. The number of thiophene rings is 1. The highest BCUT2D eigenvalue weighted by Crippen LogP contribution is 2.44. The van der Waals surface area contributed by atoms with Gasteiger partial charge in [0.15, 0.2) is 5.78 Å². The number of nitrogens with one attached hydrogen (secondary N) is 4. The highest BCUT2D eigenvalue weighted by molar-refractivity contribution is 7.17. The molecule has 39 heavy (non-hydrogen) atoms. The highest BCUT2D eigenvalue weighted by atomic mass is 32.1. The number of piperidine rings is 3. The van der Waals surface area contributed by atoms with E-state index in [0.717, 1.165) is 37.4 Å². The fourth-order valence-electron chi connectivity index (χ4n) is 6.09. The molecule has 0 spiro atoms. The maximum absolute atomic E-state index is 13.7. The zero-order valence-corrected chi connectivity index (χ0v) is 22.1. The summed E-state index contributed by atoms with van der Waals surface area (Å²) in [7, 11) is 0. The summed E-state index contributed by atoms with van der Waals surface area (Å²) in [6.45, 7) is 5.45. The van der Waals surface area contributed by atoms with Crippen LogP contribution in [0.25, 0.3) is 21.8 Å². The lowest BCUT2D eigenvalue weighted by Crippen LogP contribution is -2.57. The van der Waals surface area contributed by atoms with Crippen LogP contribution in [0.4, 0.5) is 10.5 Å². The molecule has 1 unspecified atom stereocenters. The maximum atomic E-state index is 13.7. The third kappa shape index (κ3) is 4.42. The van der Waals surface area contributed by atoms with Crippen molar-refractivity contribution in [3.05, 3.63) is 46.3 Å². The topological polar surface area (TPSA) is 132 Å². The van der Waals surface area contributed by atoms with Gasteiger partial charge in [-0.2, -0.15) is 5.10 Å². The first-order valence-corrected chi connectivity index (χ1v) is 14.2. The third-order valence-electron chi connectivity index (χ3n) is 8.11. The number of rotatable bonds is 5. The number of hydrazine groups is 1. The Morgan fingerprint density at radius 2 is 1.87 bits per heavy atom. The number of hydrogen-bond donors (Lipinski definition) is 4. The smallest absolute Gasteiger partial charge is 0.333 e. The number of aromatic nitrogens is 2. The largest absolute Gasteiger partial charge is 0.379 e. The maximum Gasteiger partial charge on any atom is 0.333 e. The van der Waals surface area contributed by atoms with E-state index in [1.54, 1.807) is 23.2 Å². The molecule has 4 saturated heterocycles. The lowest BCUT2D eigenvalue weighted by molar-refractivity contribution is 0.0207. The average Bonchev–Trinajstić information content (AvgIpc) is 3.67. The molecular weight excluding hydrogens is 518 g/mol. The number of aromatic amines is 1. The minimum Gasteiger partial charge on any atom is -0.379 e. The first-order valence-electron chi connectivity index (χ1n) is 13.4. The lowest BCUT2D eigenvalue weighted by Gasteiger charge is -2.44. The zero-order valence-electron chi connectivity index (χ0n) is 21.3. The molecule has 0 radical (unpaired) electrons. The van der Waals surface area contributed by atoms with Crippen molar-refractivity contribution in [2.45, 2.75) is 18.9 Å². The van der Waals surface area contributed by atoms with Crippen LogP contribution in [0.15, 0.2) is 30.3 Å². The number of benzene rings is 1. The summed E-state index contributed by atoms with van der Waals surface area (Å²) in [4.78, 5) is 43.2. The van der Waals surface area contributed by atoms with Crippen LogP contribution in [-0.4, -0.2) is 89.8 Å². The van der Waals surface area contributed by atoms with Crippen LogP contribution >= 0.6 is 11.3 Å². The van der Waals surface area contributed by atoms with Crippen molar-refractivity contribution in [1.82, 2.24) is 30.8 Å². The molecule has 2 aromatic heterocycles. The van der Waals surface area contributed by atoms with Gasteiger partial charge in [0.2, 0.25) is 0 Å². The van der Waals surface area contributed by atoms with Crippen molar-refractivity contribution >= 4 is 34.7 Å². The molecule has 5 aliphatic rings. The van der Waals surface area contributed by atoms with Gasteiger partial charge < -0.3 is 20.3 Å². The van der Waals surface area contributed by atoms with E-state index in [2.05, 4.69) is 31.2 Å². The second-order valence-electron chi connectivity index (χ2n) is 10.4. The van der Waals surface area contributed by atoms with Crippen molar-refractivity contribution in [3.63, 3.8) is 0 Å². The Balaban J connectivity index is 1.09. The summed E-state index contributed by atoms with van der Waals surface area (Å²) in [6, 6.07) is 8.77. The summed E-state index contributed by atoms with van der Waals surface area (Å²) < 4.78 is 5.32. The minimum atomic E-state index is -0.415. The lowest BCUT2D eigenvalue weighted by atomic mass is 9.84. The van der Waals surface area contributed by atoms with Gasteiger partial charge in [-0.05, 0) is 50.0 Å². The number of urea groups is 1. The molecule has 11 nitrogen and oxygen atoms in total. The molecule has 6 heterocycles. The molecule has 202 valence electrons. The number of carbonyl (C=O) groups is 3. The number of amides is 3. The normalized spacial score (nSPS) is 23.8. The molecule has 0 saturated carbocycles. The number of anilines is 1. The van der Waals surface area contributed by atoms with Crippen LogP contribution in [0.3, 0.4) is 0 Å². The molecule has 4 fully saturated rings. The molecule has 12 heteroatoms. The fourth-order valence-corrected chi connectivity index (χ4v) is 7.00. The van der Waals surface area contributed by atoms with Crippen LogP contribution in [0.5, 0.6) is 0 Å². The van der Waals surface area contributed by atoms with Gasteiger partial charge in [-0.15, -0.1) is 11.3 Å². The van der Waals surface area contributed by atoms with Gasteiger partial charge in [0.25, 0.3) is 5.91 Å². The molecule has 1 aliphatic carbocycles.